The first-order valence-electron chi connectivity index (χ1n) is 7.31. The molecule has 2 aromatic rings. The van der Waals surface area contributed by atoms with Gasteiger partial charge >= 0.3 is 5.97 Å². The summed E-state index contributed by atoms with van der Waals surface area (Å²) in [6.07, 6.45) is 0.394. The molecular formula is C17H21ClN2O4. The second kappa shape index (κ2) is 9.75. The number of benzene rings is 2. The van der Waals surface area contributed by atoms with E-state index < -0.39 is 5.97 Å². The number of fused-ring (bicyclic) bond motifs is 1. The van der Waals surface area contributed by atoms with Crippen LogP contribution in [0, 0.1) is 0 Å². The van der Waals surface area contributed by atoms with E-state index in [2.05, 4.69) is 15.4 Å². The number of amides is 1. The molecule has 0 atom stereocenters. The second-order valence-corrected chi connectivity index (χ2v) is 4.92. The average Bonchev–Trinajstić information content (AvgIpc) is 2.59. The lowest BCUT2D eigenvalue weighted by molar-refractivity contribution is -0.142. The molecule has 0 saturated heterocycles. The summed E-state index contributed by atoms with van der Waals surface area (Å²) < 4.78 is 10.1. The molecule has 2 aromatic carbocycles. The third kappa shape index (κ3) is 5.11. The molecule has 0 aliphatic heterocycles. The first kappa shape index (κ1) is 19.7. The minimum absolute atomic E-state index is 0. The molecule has 6 nitrogen and oxygen atoms in total. The minimum atomic E-state index is -0.446. The van der Waals surface area contributed by atoms with Crippen LogP contribution in [-0.4, -0.2) is 39.2 Å². The molecule has 2 rings (SSSR count). The number of anilines is 1. The average molecular weight is 353 g/mol. The first-order valence-corrected chi connectivity index (χ1v) is 7.31. The van der Waals surface area contributed by atoms with E-state index in [0.717, 1.165) is 10.8 Å². The van der Waals surface area contributed by atoms with Gasteiger partial charge in [0.2, 0.25) is 5.91 Å². The number of hydrogen-bond donors (Lipinski definition) is 2. The molecule has 1 amide bonds. The zero-order chi connectivity index (χ0) is 16.7. The van der Waals surface area contributed by atoms with Gasteiger partial charge in [-0.15, -0.1) is 12.4 Å². The number of halogens is 1. The van der Waals surface area contributed by atoms with E-state index in [9.17, 15) is 9.59 Å². The summed E-state index contributed by atoms with van der Waals surface area (Å²) in [5.41, 5.74) is 0.715. The maximum atomic E-state index is 11.9. The predicted molar refractivity (Wildman–Crippen MR) is 95.9 cm³/mol. The van der Waals surface area contributed by atoms with Crippen LogP contribution in [0.4, 0.5) is 5.69 Å². The van der Waals surface area contributed by atoms with E-state index >= 15 is 0 Å². The van der Waals surface area contributed by atoms with Gasteiger partial charge in [-0.2, -0.15) is 0 Å². The van der Waals surface area contributed by atoms with Crippen molar-refractivity contribution in [1.82, 2.24) is 5.32 Å². The molecule has 130 valence electrons. The fraction of sp³-hybridized carbons (Fsp3) is 0.294. The number of ether oxygens (including phenoxy) is 2. The van der Waals surface area contributed by atoms with E-state index in [0.29, 0.717) is 24.4 Å². The number of rotatable bonds is 7. The van der Waals surface area contributed by atoms with Crippen LogP contribution in [0.25, 0.3) is 10.8 Å². The molecule has 0 fully saturated rings. The number of hydrogen-bond acceptors (Lipinski definition) is 5. The summed E-state index contributed by atoms with van der Waals surface area (Å²) in [6.45, 7) is 0.457. The van der Waals surface area contributed by atoms with Gasteiger partial charge < -0.3 is 20.1 Å². The Hall–Kier alpha value is -2.31. The fourth-order valence-corrected chi connectivity index (χ4v) is 2.15. The number of carbonyl (C=O) groups excluding carboxylic acids is 2. The third-order valence-corrected chi connectivity index (χ3v) is 3.33. The maximum absolute atomic E-state index is 11.9. The highest BCUT2D eigenvalue weighted by atomic mass is 35.5. The molecular weight excluding hydrogens is 332 g/mol. The molecule has 2 N–H and O–H groups in total. The summed E-state index contributed by atoms with van der Waals surface area (Å²) in [5, 5.41) is 7.51. The largest absolute Gasteiger partial charge is 0.481 e. The van der Waals surface area contributed by atoms with Crippen molar-refractivity contribution in [3.63, 3.8) is 0 Å². The highest BCUT2D eigenvalue weighted by Gasteiger charge is 2.10. The summed E-state index contributed by atoms with van der Waals surface area (Å²) in [7, 11) is 3.11. The molecule has 0 unspecified atom stereocenters. The molecule has 0 aliphatic rings. The van der Waals surface area contributed by atoms with Crippen LogP contribution in [-0.2, 0) is 14.3 Å². The minimum Gasteiger partial charge on any atom is -0.481 e. The Balaban J connectivity index is 0.00000288. The van der Waals surface area contributed by atoms with Crippen molar-refractivity contribution in [2.75, 3.05) is 32.6 Å². The van der Waals surface area contributed by atoms with Gasteiger partial charge in [0.25, 0.3) is 0 Å². The molecule has 7 heteroatoms. The fourth-order valence-electron chi connectivity index (χ4n) is 2.15. The van der Waals surface area contributed by atoms with Crippen molar-refractivity contribution in [2.24, 2.45) is 0 Å². The van der Waals surface area contributed by atoms with Gasteiger partial charge in [-0.25, -0.2) is 4.79 Å². The van der Waals surface area contributed by atoms with Crippen LogP contribution in [0.1, 0.15) is 6.42 Å². The number of carbonyl (C=O) groups is 2. The molecule has 0 saturated carbocycles. The monoisotopic (exact) mass is 352 g/mol. The normalized spacial score (nSPS) is 9.92. The summed E-state index contributed by atoms with van der Waals surface area (Å²) in [4.78, 5) is 23.1. The van der Waals surface area contributed by atoms with Gasteiger partial charge in [-0.3, -0.25) is 4.79 Å². The molecule has 0 aliphatic carbocycles. The molecule has 24 heavy (non-hydrogen) atoms. The lowest BCUT2D eigenvalue weighted by atomic mass is 10.1. The van der Waals surface area contributed by atoms with Gasteiger partial charge in [0.05, 0.1) is 7.11 Å². The quantitative estimate of drug-likeness (QED) is 0.748. The van der Waals surface area contributed by atoms with Crippen molar-refractivity contribution in [2.45, 2.75) is 6.42 Å². The topological polar surface area (TPSA) is 76.7 Å². The SMILES string of the molecule is CNCCC(=O)Nc1ccc(OCC(=O)OC)c2ccccc12.Cl. The Labute approximate surface area is 146 Å². The Bertz CT molecular complexity index is 706. The summed E-state index contributed by atoms with van der Waals surface area (Å²) in [6, 6.07) is 11.0. The summed E-state index contributed by atoms with van der Waals surface area (Å²) in [5.74, 6) is 0.0606. The maximum Gasteiger partial charge on any atom is 0.343 e. The van der Waals surface area contributed by atoms with Crippen LogP contribution in [0.15, 0.2) is 36.4 Å². The van der Waals surface area contributed by atoms with Crippen molar-refractivity contribution < 1.29 is 19.1 Å². The van der Waals surface area contributed by atoms with Crippen LogP contribution in [0.5, 0.6) is 5.75 Å². The number of esters is 1. The summed E-state index contributed by atoms with van der Waals surface area (Å²) >= 11 is 0. The van der Waals surface area contributed by atoms with Gasteiger partial charge in [0, 0.05) is 29.4 Å². The van der Waals surface area contributed by atoms with Crippen LogP contribution < -0.4 is 15.4 Å². The Morgan fingerprint density at radius 3 is 2.46 bits per heavy atom. The first-order chi connectivity index (χ1) is 11.2. The lowest BCUT2D eigenvalue weighted by Crippen LogP contribution is -2.19. The van der Waals surface area contributed by atoms with E-state index in [1.54, 1.807) is 19.2 Å². The van der Waals surface area contributed by atoms with Crippen LogP contribution in [0.3, 0.4) is 0 Å². The Morgan fingerprint density at radius 2 is 1.79 bits per heavy atom. The highest BCUT2D eigenvalue weighted by Crippen LogP contribution is 2.31. The van der Waals surface area contributed by atoms with E-state index in [1.165, 1.54) is 7.11 Å². The molecule has 0 aromatic heterocycles. The highest BCUT2D eigenvalue weighted by molar-refractivity contribution is 6.04. The number of methoxy groups -OCH3 is 1. The van der Waals surface area contributed by atoms with E-state index in [1.807, 2.05) is 24.3 Å². The van der Waals surface area contributed by atoms with Gasteiger partial charge in [-0.05, 0) is 19.2 Å². The Kier molecular flexibility index (Phi) is 8.01. The standard InChI is InChI=1S/C17H20N2O4.ClH/c1-18-10-9-16(20)19-14-7-8-15(23-11-17(21)22-2)13-6-4-3-5-12(13)14;/h3-8,18H,9-11H2,1-2H3,(H,19,20);1H. The van der Waals surface area contributed by atoms with Crippen LogP contribution >= 0.6 is 12.4 Å². The van der Waals surface area contributed by atoms with Gasteiger partial charge in [0.15, 0.2) is 6.61 Å². The van der Waals surface area contributed by atoms with E-state index in [-0.39, 0.29) is 24.9 Å². The lowest BCUT2D eigenvalue weighted by Gasteiger charge is -2.13. The van der Waals surface area contributed by atoms with Crippen molar-refractivity contribution >= 4 is 40.7 Å². The zero-order valence-corrected chi connectivity index (χ0v) is 14.4. The second-order valence-electron chi connectivity index (χ2n) is 4.92. The van der Waals surface area contributed by atoms with E-state index in [4.69, 9.17) is 4.74 Å². The van der Waals surface area contributed by atoms with Crippen LogP contribution in [0.2, 0.25) is 0 Å². The molecule has 0 heterocycles. The molecule has 0 bridgehead atoms. The van der Waals surface area contributed by atoms with Crippen molar-refractivity contribution in [3.05, 3.63) is 36.4 Å². The number of nitrogens with one attached hydrogen (secondary N) is 2. The third-order valence-electron chi connectivity index (χ3n) is 3.33. The molecule has 0 spiro atoms. The van der Waals surface area contributed by atoms with Crippen molar-refractivity contribution in [1.29, 1.82) is 0 Å². The smallest absolute Gasteiger partial charge is 0.343 e. The molecule has 0 radical (unpaired) electrons. The predicted octanol–water partition coefficient (Wildman–Crippen LogP) is 2.36. The van der Waals surface area contributed by atoms with Gasteiger partial charge in [-0.1, -0.05) is 24.3 Å². The Morgan fingerprint density at radius 1 is 1.08 bits per heavy atom. The van der Waals surface area contributed by atoms with Crippen molar-refractivity contribution in [3.8, 4) is 5.75 Å². The van der Waals surface area contributed by atoms with Gasteiger partial charge in [0.1, 0.15) is 5.75 Å². The zero-order valence-electron chi connectivity index (χ0n) is 13.6.